The molecule has 0 aromatic rings. The lowest BCUT2D eigenvalue weighted by Crippen LogP contribution is -2.22. The van der Waals surface area contributed by atoms with E-state index in [4.69, 9.17) is 9.47 Å². The molecule has 0 aromatic heterocycles. The molecule has 0 spiro atoms. The van der Waals surface area contributed by atoms with Gasteiger partial charge in [-0.25, -0.2) is 0 Å². The minimum atomic E-state index is -0.152. The van der Waals surface area contributed by atoms with Crippen molar-refractivity contribution < 1.29 is 9.47 Å². The fraction of sp³-hybridized carbons (Fsp3) is 0.733. The van der Waals surface area contributed by atoms with E-state index in [-0.39, 0.29) is 17.3 Å². The predicted molar refractivity (Wildman–Crippen MR) is 69.8 cm³/mol. The highest BCUT2D eigenvalue weighted by Gasteiger charge is 2.37. The normalized spacial score (nSPS) is 38.9. The Balaban J connectivity index is 2.10. The van der Waals surface area contributed by atoms with Gasteiger partial charge >= 0.3 is 0 Å². The molecule has 2 saturated heterocycles. The van der Waals surface area contributed by atoms with E-state index in [2.05, 4.69) is 34.3 Å². The topological polar surface area (TPSA) is 18.5 Å². The van der Waals surface area contributed by atoms with Gasteiger partial charge in [-0.05, 0) is 52.5 Å². The summed E-state index contributed by atoms with van der Waals surface area (Å²) in [6, 6.07) is 0. The summed E-state index contributed by atoms with van der Waals surface area (Å²) in [5, 5.41) is 0. The minimum Gasteiger partial charge on any atom is -0.492 e. The summed E-state index contributed by atoms with van der Waals surface area (Å²) >= 11 is 0. The molecule has 2 aliphatic heterocycles. The largest absolute Gasteiger partial charge is 0.492 e. The number of hydrogen-bond acceptors (Lipinski definition) is 2. The van der Waals surface area contributed by atoms with E-state index in [1.807, 2.05) is 6.08 Å². The lowest BCUT2D eigenvalue weighted by Gasteiger charge is -2.23. The molecule has 2 aliphatic rings. The summed E-state index contributed by atoms with van der Waals surface area (Å²) < 4.78 is 12.1. The monoisotopic (exact) mass is 236 g/mol. The fourth-order valence-electron chi connectivity index (χ4n) is 2.62. The first-order valence-electron chi connectivity index (χ1n) is 6.55. The molecule has 2 fully saturated rings. The first kappa shape index (κ1) is 12.7. The van der Waals surface area contributed by atoms with Gasteiger partial charge in [0.1, 0.15) is 5.60 Å². The average molecular weight is 236 g/mol. The van der Waals surface area contributed by atoms with Crippen molar-refractivity contribution in [1.82, 2.24) is 0 Å². The lowest BCUT2D eigenvalue weighted by atomic mass is 10.0. The first-order chi connectivity index (χ1) is 7.85. The van der Waals surface area contributed by atoms with E-state index in [1.165, 1.54) is 5.57 Å². The minimum absolute atomic E-state index is 0.00304. The van der Waals surface area contributed by atoms with Gasteiger partial charge in [-0.2, -0.15) is 0 Å². The second kappa shape index (κ2) is 4.16. The Kier molecular flexibility index (Phi) is 3.11. The summed E-state index contributed by atoms with van der Waals surface area (Å²) in [5.74, 6) is 1.15. The maximum atomic E-state index is 6.08. The maximum absolute atomic E-state index is 6.08. The summed E-state index contributed by atoms with van der Waals surface area (Å²) in [6.45, 7) is 12.4. The zero-order valence-electron chi connectivity index (χ0n) is 11.5. The van der Waals surface area contributed by atoms with Crippen molar-refractivity contribution in [3.8, 4) is 0 Å². The molecular weight excluding hydrogens is 212 g/mol. The van der Waals surface area contributed by atoms with Crippen LogP contribution in [0.15, 0.2) is 24.0 Å². The molecule has 0 saturated carbocycles. The van der Waals surface area contributed by atoms with Crippen LogP contribution in [0.25, 0.3) is 0 Å². The fourth-order valence-corrected chi connectivity index (χ4v) is 2.62. The molecule has 0 amide bonds. The van der Waals surface area contributed by atoms with E-state index in [0.29, 0.717) is 0 Å². The summed E-state index contributed by atoms with van der Waals surface area (Å²) in [4.78, 5) is 0. The van der Waals surface area contributed by atoms with Gasteiger partial charge < -0.3 is 9.47 Å². The smallest absolute Gasteiger partial charge is 0.103 e. The van der Waals surface area contributed by atoms with Crippen LogP contribution >= 0.6 is 0 Å². The summed E-state index contributed by atoms with van der Waals surface area (Å²) in [5.41, 5.74) is 1.12. The van der Waals surface area contributed by atoms with Crippen molar-refractivity contribution in [1.29, 1.82) is 0 Å². The number of hydrogen-bond donors (Lipinski definition) is 0. The van der Waals surface area contributed by atoms with Crippen LogP contribution in [0.3, 0.4) is 0 Å². The Hall–Kier alpha value is -0.760. The van der Waals surface area contributed by atoms with Crippen molar-refractivity contribution in [3.05, 3.63) is 24.0 Å². The standard InChI is InChI=1S/C15H24O2/c1-6-15(5)10-8-13(17-15)11(2)12-7-9-14(3,4)16-12/h6,13H,1,7-10H2,2-5H3/b12-11+. The van der Waals surface area contributed by atoms with Gasteiger partial charge in [0.05, 0.1) is 17.5 Å². The van der Waals surface area contributed by atoms with E-state index in [9.17, 15) is 0 Å². The van der Waals surface area contributed by atoms with Crippen LogP contribution < -0.4 is 0 Å². The second-order valence-electron chi connectivity index (χ2n) is 6.13. The van der Waals surface area contributed by atoms with E-state index in [1.54, 1.807) is 0 Å². The van der Waals surface area contributed by atoms with Gasteiger partial charge in [-0.3, -0.25) is 0 Å². The number of rotatable bonds is 2. The average Bonchev–Trinajstić information content (AvgIpc) is 2.82. The van der Waals surface area contributed by atoms with Crippen molar-refractivity contribution in [3.63, 3.8) is 0 Å². The molecule has 2 heteroatoms. The Labute approximate surface area is 105 Å². The van der Waals surface area contributed by atoms with E-state index >= 15 is 0 Å². The van der Waals surface area contributed by atoms with Crippen LogP contribution in [0.2, 0.25) is 0 Å². The molecule has 2 unspecified atom stereocenters. The van der Waals surface area contributed by atoms with E-state index in [0.717, 1.165) is 31.4 Å². The molecule has 17 heavy (non-hydrogen) atoms. The van der Waals surface area contributed by atoms with Crippen LogP contribution in [0.1, 0.15) is 53.4 Å². The molecule has 2 heterocycles. The van der Waals surface area contributed by atoms with Gasteiger partial charge in [0.25, 0.3) is 0 Å². The molecule has 96 valence electrons. The van der Waals surface area contributed by atoms with Gasteiger partial charge in [0, 0.05) is 6.42 Å². The van der Waals surface area contributed by atoms with Crippen LogP contribution in [-0.4, -0.2) is 17.3 Å². The lowest BCUT2D eigenvalue weighted by molar-refractivity contribution is 0.0164. The molecule has 2 nitrogen and oxygen atoms in total. The van der Waals surface area contributed by atoms with Crippen molar-refractivity contribution in [2.45, 2.75) is 70.7 Å². The Morgan fingerprint density at radius 2 is 2.06 bits per heavy atom. The maximum Gasteiger partial charge on any atom is 0.103 e. The highest BCUT2D eigenvalue weighted by molar-refractivity contribution is 5.18. The molecular formula is C15H24O2. The van der Waals surface area contributed by atoms with Crippen LogP contribution in [-0.2, 0) is 9.47 Å². The summed E-state index contributed by atoms with van der Waals surface area (Å²) in [7, 11) is 0. The molecule has 2 rings (SSSR count). The third kappa shape index (κ3) is 2.57. The van der Waals surface area contributed by atoms with Crippen LogP contribution in [0, 0.1) is 0 Å². The van der Waals surface area contributed by atoms with Crippen molar-refractivity contribution in [2.24, 2.45) is 0 Å². The SMILES string of the molecule is C=CC1(C)CCC(/C(C)=C2\CCC(C)(C)O2)O1. The Morgan fingerprint density at radius 3 is 2.53 bits per heavy atom. The molecule has 0 aromatic carbocycles. The molecule has 0 bridgehead atoms. The van der Waals surface area contributed by atoms with Gasteiger partial charge in [0.2, 0.25) is 0 Å². The molecule has 0 aliphatic carbocycles. The van der Waals surface area contributed by atoms with Crippen LogP contribution in [0.4, 0.5) is 0 Å². The van der Waals surface area contributed by atoms with Gasteiger partial charge in [-0.1, -0.05) is 6.08 Å². The van der Waals surface area contributed by atoms with Gasteiger partial charge in [0.15, 0.2) is 0 Å². The third-order valence-electron chi connectivity index (χ3n) is 4.02. The number of ether oxygens (including phenoxy) is 2. The Bertz CT molecular complexity index is 354. The third-order valence-corrected chi connectivity index (χ3v) is 4.02. The van der Waals surface area contributed by atoms with Gasteiger partial charge in [-0.15, -0.1) is 6.58 Å². The zero-order valence-corrected chi connectivity index (χ0v) is 11.5. The second-order valence-corrected chi connectivity index (χ2v) is 6.13. The van der Waals surface area contributed by atoms with Crippen molar-refractivity contribution >= 4 is 0 Å². The van der Waals surface area contributed by atoms with Crippen LogP contribution in [0.5, 0.6) is 0 Å². The molecule has 0 N–H and O–H groups in total. The summed E-state index contributed by atoms with van der Waals surface area (Å²) in [6.07, 6.45) is 6.40. The first-order valence-corrected chi connectivity index (χ1v) is 6.55. The number of allylic oxidation sites excluding steroid dienone is 1. The Morgan fingerprint density at radius 1 is 1.35 bits per heavy atom. The quantitative estimate of drug-likeness (QED) is 0.675. The highest BCUT2D eigenvalue weighted by Crippen LogP contribution is 2.39. The highest BCUT2D eigenvalue weighted by atomic mass is 16.5. The predicted octanol–water partition coefficient (Wildman–Crippen LogP) is 3.97. The molecule has 0 radical (unpaired) electrons. The molecule has 2 atom stereocenters. The van der Waals surface area contributed by atoms with E-state index < -0.39 is 0 Å². The van der Waals surface area contributed by atoms with Crippen molar-refractivity contribution in [2.75, 3.05) is 0 Å². The zero-order chi connectivity index (χ0) is 12.7.